The van der Waals surface area contributed by atoms with Crippen molar-refractivity contribution >= 4 is 5.91 Å². The van der Waals surface area contributed by atoms with E-state index in [0.717, 1.165) is 31.7 Å². The Hall–Kier alpha value is -1.55. The summed E-state index contributed by atoms with van der Waals surface area (Å²) in [6, 6.07) is 8.09. The number of carbonyl (C=O) groups is 1. The van der Waals surface area contributed by atoms with Gasteiger partial charge in [0.1, 0.15) is 5.75 Å². The molecule has 0 unspecified atom stereocenters. The average molecular weight is 262 g/mol. The lowest BCUT2D eigenvalue weighted by Crippen LogP contribution is -2.43. The van der Waals surface area contributed by atoms with Crippen LogP contribution in [0.5, 0.6) is 5.75 Å². The number of carbonyl (C=O) groups excluding carboxylic acids is 1. The van der Waals surface area contributed by atoms with Crippen LogP contribution in [-0.4, -0.2) is 43.6 Å². The van der Waals surface area contributed by atoms with Crippen LogP contribution in [0.1, 0.15) is 18.4 Å². The molecule has 0 spiro atoms. The van der Waals surface area contributed by atoms with E-state index in [1.165, 1.54) is 5.56 Å². The Morgan fingerprint density at radius 1 is 1.42 bits per heavy atom. The molecule has 104 valence electrons. The van der Waals surface area contributed by atoms with Gasteiger partial charge in [0.15, 0.2) is 6.61 Å². The summed E-state index contributed by atoms with van der Waals surface area (Å²) < 4.78 is 5.55. The summed E-state index contributed by atoms with van der Waals surface area (Å²) >= 11 is 0. The normalized spacial score (nSPS) is 18.6. The maximum Gasteiger partial charge on any atom is 0.260 e. The minimum absolute atomic E-state index is 0.0818. The Morgan fingerprint density at radius 2 is 2.16 bits per heavy atom. The largest absolute Gasteiger partial charge is 0.484 e. The maximum absolute atomic E-state index is 12.1. The summed E-state index contributed by atoms with van der Waals surface area (Å²) in [4.78, 5) is 14.1. The first kappa shape index (κ1) is 13.9. The number of nitrogens with one attached hydrogen (secondary N) is 1. The molecule has 0 aromatic heterocycles. The van der Waals surface area contributed by atoms with E-state index >= 15 is 0 Å². The first-order valence-electron chi connectivity index (χ1n) is 6.84. The molecule has 1 amide bonds. The molecule has 0 bridgehead atoms. The van der Waals surface area contributed by atoms with Crippen LogP contribution in [-0.2, 0) is 4.79 Å². The van der Waals surface area contributed by atoms with Crippen LogP contribution in [0, 0.1) is 6.92 Å². The van der Waals surface area contributed by atoms with Crippen molar-refractivity contribution < 1.29 is 9.53 Å². The maximum atomic E-state index is 12.1. The summed E-state index contributed by atoms with van der Waals surface area (Å²) in [6.45, 7) is 3.86. The van der Waals surface area contributed by atoms with Crippen LogP contribution >= 0.6 is 0 Å². The number of hydrogen-bond donors (Lipinski definition) is 1. The van der Waals surface area contributed by atoms with E-state index in [2.05, 4.69) is 5.32 Å². The number of nitrogens with zero attached hydrogens (tertiary/aromatic N) is 1. The predicted molar refractivity (Wildman–Crippen MR) is 75.3 cm³/mol. The second-order valence-corrected chi connectivity index (χ2v) is 5.04. The highest BCUT2D eigenvalue weighted by molar-refractivity contribution is 5.78. The highest BCUT2D eigenvalue weighted by atomic mass is 16.5. The van der Waals surface area contributed by atoms with E-state index in [1.54, 1.807) is 0 Å². The molecule has 1 fully saturated rings. The van der Waals surface area contributed by atoms with Gasteiger partial charge in [-0.15, -0.1) is 0 Å². The van der Waals surface area contributed by atoms with Crippen LogP contribution in [0.2, 0.25) is 0 Å². The van der Waals surface area contributed by atoms with Gasteiger partial charge >= 0.3 is 0 Å². The number of likely N-dealkylation sites (N-methyl/N-ethyl adjacent to an activating group) is 1. The smallest absolute Gasteiger partial charge is 0.260 e. The van der Waals surface area contributed by atoms with Gasteiger partial charge in [-0.3, -0.25) is 4.79 Å². The third-order valence-corrected chi connectivity index (χ3v) is 3.52. The summed E-state index contributed by atoms with van der Waals surface area (Å²) in [5, 5.41) is 3.14. The van der Waals surface area contributed by atoms with Crippen LogP contribution in [0.3, 0.4) is 0 Å². The SMILES string of the molecule is CNC[C@@H]1CCCN1C(=O)COc1ccc(C)cc1. The van der Waals surface area contributed by atoms with Gasteiger partial charge in [0.05, 0.1) is 0 Å². The Morgan fingerprint density at radius 3 is 2.84 bits per heavy atom. The van der Waals surface area contributed by atoms with Gasteiger partial charge in [0.2, 0.25) is 0 Å². The standard InChI is InChI=1S/C15H22N2O2/c1-12-5-7-14(8-6-12)19-11-15(18)17-9-3-4-13(17)10-16-2/h5-8,13,16H,3-4,9-11H2,1-2H3/t13-/m0/s1. The highest BCUT2D eigenvalue weighted by Crippen LogP contribution is 2.17. The van der Waals surface area contributed by atoms with Gasteiger partial charge in [-0.2, -0.15) is 0 Å². The molecule has 1 atom stereocenters. The first-order valence-corrected chi connectivity index (χ1v) is 6.84. The molecule has 1 heterocycles. The molecule has 1 aromatic carbocycles. The number of hydrogen-bond acceptors (Lipinski definition) is 3. The quantitative estimate of drug-likeness (QED) is 0.876. The number of likely N-dealkylation sites (tertiary alicyclic amines) is 1. The lowest BCUT2D eigenvalue weighted by atomic mass is 10.2. The molecule has 4 nitrogen and oxygen atoms in total. The summed E-state index contributed by atoms with van der Waals surface area (Å²) in [7, 11) is 1.92. The van der Waals surface area contributed by atoms with Crippen molar-refractivity contribution in [2.45, 2.75) is 25.8 Å². The van der Waals surface area contributed by atoms with Gasteiger partial charge in [0, 0.05) is 19.1 Å². The Bertz CT molecular complexity index is 417. The summed E-state index contributed by atoms with van der Waals surface area (Å²) in [5.74, 6) is 0.835. The second kappa shape index (κ2) is 6.57. The molecule has 1 aliphatic heterocycles. The van der Waals surface area contributed by atoms with Crippen molar-refractivity contribution in [3.05, 3.63) is 29.8 Å². The molecule has 0 aliphatic carbocycles. The van der Waals surface area contributed by atoms with Gasteiger partial charge in [0.25, 0.3) is 5.91 Å². The molecular formula is C15H22N2O2. The van der Waals surface area contributed by atoms with E-state index in [4.69, 9.17) is 4.74 Å². The Kier molecular flexibility index (Phi) is 4.80. The lowest BCUT2D eigenvalue weighted by molar-refractivity contribution is -0.134. The van der Waals surface area contributed by atoms with Crippen molar-refractivity contribution in [3.8, 4) is 5.75 Å². The zero-order valence-electron chi connectivity index (χ0n) is 11.7. The number of ether oxygens (including phenoxy) is 1. The Labute approximate surface area is 114 Å². The van der Waals surface area contributed by atoms with Crippen molar-refractivity contribution in [1.29, 1.82) is 0 Å². The first-order chi connectivity index (χ1) is 9.20. The van der Waals surface area contributed by atoms with Crippen LogP contribution in [0.15, 0.2) is 24.3 Å². The minimum atomic E-state index is 0.0818. The third kappa shape index (κ3) is 3.70. The monoisotopic (exact) mass is 262 g/mol. The molecule has 0 radical (unpaired) electrons. The van der Waals surface area contributed by atoms with E-state index in [0.29, 0.717) is 6.04 Å². The zero-order chi connectivity index (χ0) is 13.7. The van der Waals surface area contributed by atoms with Crippen LogP contribution < -0.4 is 10.1 Å². The average Bonchev–Trinajstić information content (AvgIpc) is 2.86. The van der Waals surface area contributed by atoms with Crippen molar-refractivity contribution in [2.75, 3.05) is 26.7 Å². The van der Waals surface area contributed by atoms with Gasteiger partial charge in [-0.05, 0) is 38.9 Å². The van der Waals surface area contributed by atoms with E-state index < -0.39 is 0 Å². The molecule has 1 aliphatic rings. The molecule has 2 rings (SSSR count). The van der Waals surface area contributed by atoms with Crippen LogP contribution in [0.25, 0.3) is 0 Å². The molecule has 4 heteroatoms. The Balaban J connectivity index is 1.85. The molecule has 1 N–H and O–H groups in total. The van der Waals surface area contributed by atoms with E-state index in [1.807, 2.05) is 43.1 Å². The topological polar surface area (TPSA) is 41.6 Å². The summed E-state index contributed by atoms with van der Waals surface area (Å²) in [5.41, 5.74) is 1.19. The van der Waals surface area contributed by atoms with Gasteiger partial charge in [-0.25, -0.2) is 0 Å². The fourth-order valence-corrected chi connectivity index (χ4v) is 2.47. The van der Waals surface area contributed by atoms with E-state index in [9.17, 15) is 4.79 Å². The number of rotatable bonds is 5. The fraction of sp³-hybridized carbons (Fsp3) is 0.533. The molecule has 1 aromatic rings. The molecule has 1 saturated heterocycles. The summed E-state index contributed by atoms with van der Waals surface area (Å²) in [6.07, 6.45) is 2.17. The van der Waals surface area contributed by atoms with Crippen molar-refractivity contribution in [2.24, 2.45) is 0 Å². The predicted octanol–water partition coefficient (Wildman–Crippen LogP) is 1.58. The molecular weight excluding hydrogens is 240 g/mol. The highest BCUT2D eigenvalue weighted by Gasteiger charge is 2.28. The molecule has 0 saturated carbocycles. The van der Waals surface area contributed by atoms with E-state index in [-0.39, 0.29) is 12.5 Å². The van der Waals surface area contributed by atoms with Gasteiger partial charge in [-0.1, -0.05) is 17.7 Å². The van der Waals surface area contributed by atoms with Gasteiger partial charge < -0.3 is 15.0 Å². The number of amides is 1. The third-order valence-electron chi connectivity index (χ3n) is 3.52. The number of benzene rings is 1. The minimum Gasteiger partial charge on any atom is -0.484 e. The number of aryl methyl sites for hydroxylation is 1. The van der Waals surface area contributed by atoms with Crippen molar-refractivity contribution in [3.63, 3.8) is 0 Å². The zero-order valence-corrected chi connectivity index (χ0v) is 11.7. The van der Waals surface area contributed by atoms with Crippen LogP contribution in [0.4, 0.5) is 0 Å². The lowest BCUT2D eigenvalue weighted by Gasteiger charge is -2.24. The second-order valence-electron chi connectivity index (χ2n) is 5.04. The fourth-order valence-electron chi connectivity index (χ4n) is 2.47. The van der Waals surface area contributed by atoms with Crippen molar-refractivity contribution in [1.82, 2.24) is 10.2 Å². The molecule has 19 heavy (non-hydrogen) atoms.